The highest BCUT2D eigenvalue weighted by molar-refractivity contribution is 5.05. The third kappa shape index (κ3) is 53.7. The SMILES string of the molecule is C.C.C.C.C.C.CC.CC.CC.CC.CC.CC.CC(C)c1ccco1.CC(C)c1ccon1.CC(C)c1cnco1.CC(C)c1cnoc1.CC(C)c1cocn1.CC(C)c1ncco1. The summed E-state index contributed by atoms with van der Waals surface area (Å²) >= 11 is 0. The molecule has 0 aromatic carbocycles. The van der Waals surface area contributed by atoms with Crippen molar-refractivity contribution in [1.82, 2.24) is 25.3 Å². The molecule has 0 atom stereocenters. The van der Waals surface area contributed by atoms with Crippen molar-refractivity contribution in [3.63, 3.8) is 0 Å². The van der Waals surface area contributed by atoms with Crippen molar-refractivity contribution in [1.29, 1.82) is 0 Å². The molecule has 0 amide bonds. The fraction of sp³-hybridized carbons (Fsp3) is 0.655. The summed E-state index contributed by atoms with van der Waals surface area (Å²) in [5.41, 5.74) is 3.19. The van der Waals surface area contributed by atoms with Crippen molar-refractivity contribution in [3.8, 4) is 0 Å². The van der Waals surface area contributed by atoms with Gasteiger partial charge in [-0.2, -0.15) is 0 Å². The molecule has 0 radical (unpaired) electrons. The van der Waals surface area contributed by atoms with Crippen molar-refractivity contribution in [3.05, 3.63) is 115 Å². The molecule has 0 aliphatic rings. The first-order valence-corrected chi connectivity index (χ1v) is 22.3. The minimum absolute atomic E-state index is 0. The van der Waals surface area contributed by atoms with Crippen molar-refractivity contribution in [2.24, 2.45) is 0 Å². The summed E-state index contributed by atoms with van der Waals surface area (Å²) in [5.74, 6) is 5.69. The van der Waals surface area contributed by atoms with Crippen LogP contribution in [0.3, 0.4) is 0 Å². The molecule has 0 bridgehead atoms. The molecule has 6 aromatic heterocycles. The molecule has 0 spiro atoms. The molecule has 0 saturated heterocycles. The number of aromatic nitrogens is 5. The van der Waals surface area contributed by atoms with Gasteiger partial charge in [0.1, 0.15) is 36.6 Å². The largest absolute Gasteiger partial charge is 0.469 e. The molecule has 66 heavy (non-hydrogen) atoms. The summed E-state index contributed by atoms with van der Waals surface area (Å²) in [4.78, 5) is 11.7. The van der Waals surface area contributed by atoms with Crippen LogP contribution in [0.4, 0.5) is 0 Å². The van der Waals surface area contributed by atoms with Crippen LogP contribution in [-0.2, 0) is 0 Å². The van der Waals surface area contributed by atoms with Gasteiger partial charge in [-0.3, -0.25) is 0 Å². The van der Waals surface area contributed by atoms with E-state index in [1.165, 1.54) is 12.8 Å². The predicted octanol–water partition coefficient (Wildman–Crippen LogP) is 21.4. The van der Waals surface area contributed by atoms with Crippen LogP contribution in [0.25, 0.3) is 0 Å². The Bertz CT molecular complexity index is 1160. The molecule has 0 aliphatic heterocycles. The van der Waals surface area contributed by atoms with Crippen LogP contribution in [0.15, 0.2) is 108 Å². The number of rotatable bonds is 6. The maximum Gasteiger partial charge on any atom is 0.196 e. The Morgan fingerprint density at radius 2 is 0.939 bits per heavy atom. The van der Waals surface area contributed by atoms with E-state index in [4.69, 9.17) is 17.7 Å². The monoisotopic (exact) mass is 942 g/mol. The Labute approximate surface area is 412 Å². The molecule has 11 nitrogen and oxygen atoms in total. The number of nitrogens with zero attached hydrogens (tertiary/aromatic N) is 5. The Morgan fingerprint density at radius 1 is 0.424 bits per heavy atom. The molecule has 0 aliphatic carbocycles. The van der Waals surface area contributed by atoms with E-state index in [9.17, 15) is 0 Å². The predicted molar refractivity (Wildman–Crippen MR) is 294 cm³/mol. The van der Waals surface area contributed by atoms with Crippen LogP contribution in [0.2, 0.25) is 0 Å². The van der Waals surface area contributed by atoms with Crippen molar-refractivity contribution in [2.45, 2.75) is 246 Å². The zero-order chi connectivity index (χ0) is 47.9. The Hall–Kier alpha value is -4.67. The van der Waals surface area contributed by atoms with Crippen molar-refractivity contribution < 1.29 is 26.7 Å². The third-order valence-electron chi connectivity index (χ3n) is 6.29. The van der Waals surface area contributed by atoms with E-state index in [1.807, 2.05) is 115 Å². The first-order valence-electron chi connectivity index (χ1n) is 22.3. The second kappa shape index (κ2) is 69.4. The lowest BCUT2D eigenvalue weighted by molar-refractivity contribution is 0.408. The number of furan rings is 1. The van der Waals surface area contributed by atoms with Gasteiger partial charge in [0.15, 0.2) is 18.7 Å². The molecule has 6 heterocycles. The highest BCUT2D eigenvalue weighted by atomic mass is 16.5. The first-order chi connectivity index (χ1) is 28.8. The normalized spacial score (nSPS) is 8.09. The van der Waals surface area contributed by atoms with Crippen LogP contribution >= 0.6 is 0 Å². The second-order valence-electron chi connectivity index (χ2n) is 12.5. The summed E-state index contributed by atoms with van der Waals surface area (Å²) in [7, 11) is 0. The lowest BCUT2D eigenvalue weighted by Gasteiger charge is -1.94. The highest BCUT2D eigenvalue weighted by Crippen LogP contribution is 2.14. The molecule has 6 aromatic rings. The lowest BCUT2D eigenvalue weighted by Crippen LogP contribution is -1.83. The van der Waals surface area contributed by atoms with E-state index in [2.05, 4.69) is 104 Å². The number of hydrogen-bond acceptors (Lipinski definition) is 11. The minimum Gasteiger partial charge on any atom is -0.469 e. The van der Waals surface area contributed by atoms with Crippen LogP contribution < -0.4 is 0 Å². The van der Waals surface area contributed by atoms with Gasteiger partial charge in [-0.15, -0.1) is 0 Å². The third-order valence-corrected chi connectivity index (χ3v) is 6.29. The van der Waals surface area contributed by atoms with Gasteiger partial charge in [-0.1, -0.05) is 221 Å². The molecule has 11 heteroatoms. The van der Waals surface area contributed by atoms with Crippen molar-refractivity contribution in [2.75, 3.05) is 0 Å². The van der Waals surface area contributed by atoms with Gasteiger partial charge < -0.3 is 26.7 Å². The lowest BCUT2D eigenvalue weighted by atomic mass is 10.1. The van der Waals surface area contributed by atoms with Gasteiger partial charge in [0.05, 0.1) is 36.2 Å². The summed E-state index contributed by atoms with van der Waals surface area (Å²) in [6, 6.07) is 5.78. The topological polar surface area (TPSA) is 143 Å². The van der Waals surface area contributed by atoms with E-state index in [-0.39, 0.29) is 44.6 Å². The van der Waals surface area contributed by atoms with Gasteiger partial charge in [0, 0.05) is 29.4 Å². The Morgan fingerprint density at radius 3 is 1.12 bits per heavy atom. The average Bonchev–Trinajstić information content (AvgIpc) is 4.14. The Balaban J connectivity index is -0.0000000498. The zero-order valence-electron chi connectivity index (χ0n) is 42.7. The van der Waals surface area contributed by atoms with E-state index < -0.39 is 0 Å². The molecule has 396 valence electrons. The van der Waals surface area contributed by atoms with Gasteiger partial charge >= 0.3 is 0 Å². The smallest absolute Gasteiger partial charge is 0.196 e. The number of hydrogen-bond donors (Lipinski definition) is 0. The summed E-state index contributed by atoms with van der Waals surface area (Å²) < 4.78 is 29.1. The van der Waals surface area contributed by atoms with Crippen LogP contribution in [0.5, 0.6) is 0 Å². The van der Waals surface area contributed by atoms with Crippen LogP contribution in [0, 0.1) is 0 Å². The fourth-order valence-electron chi connectivity index (χ4n) is 3.18. The van der Waals surface area contributed by atoms with Crippen LogP contribution in [0.1, 0.15) is 281 Å². The van der Waals surface area contributed by atoms with Crippen molar-refractivity contribution >= 4 is 0 Å². The first kappa shape index (κ1) is 91.7. The highest BCUT2D eigenvalue weighted by Gasteiger charge is 2.02. The van der Waals surface area contributed by atoms with E-state index in [0.29, 0.717) is 35.5 Å². The quantitative estimate of drug-likeness (QED) is 0.157. The molecular weight excluding hydrogens is 827 g/mol. The number of oxazole rings is 3. The summed E-state index contributed by atoms with van der Waals surface area (Å²) in [5, 5.41) is 7.31. The zero-order valence-corrected chi connectivity index (χ0v) is 42.7. The van der Waals surface area contributed by atoms with Gasteiger partial charge in [-0.25, -0.2) is 15.0 Å². The van der Waals surface area contributed by atoms with E-state index >= 15 is 0 Å². The summed E-state index contributed by atoms with van der Waals surface area (Å²) in [6.45, 7) is 49.0. The van der Waals surface area contributed by atoms with Crippen LogP contribution in [-0.4, -0.2) is 25.3 Å². The van der Waals surface area contributed by atoms with E-state index in [0.717, 1.165) is 34.4 Å². The molecule has 0 unspecified atom stereocenters. The molecule has 6 rings (SSSR count). The maximum absolute atomic E-state index is 5.09. The van der Waals surface area contributed by atoms with Gasteiger partial charge in [-0.05, 0) is 29.9 Å². The standard InChI is InChI=1S/C7H10O.5C6H9NO.6C2H6.6CH4/c1-6(2)7-4-3-5-8-7;1-5(2)6-3-8-4-7-6;1-5(2)6-3-7-4-8-6;1-5(2)6-3-7-8-4-6;1-5(2)6-7-3-4-8-6;1-5(2)6-3-4-8-7-6;6*1-2;;;;;;/h3-6H,1-2H3;5*3-5H,1-2H3;6*1-2H3;6*1H4. The van der Waals surface area contributed by atoms with Gasteiger partial charge in [0.25, 0.3) is 0 Å². The molecule has 0 saturated carbocycles. The Kier molecular flexibility index (Phi) is 96.4. The summed E-state index contributed by atoms with van der Waals surface area (Å²) in [6.07, 6.45) is 16.3. The second-order valence-corrected chi connectivity index (χ2v) is 12.5. The molecule has 0 N–H and O–H groups in total. The fourth-order valence-corrected chi connectivity index (χ4v) is 3.18. The maximum atomic E-state index is 5.09. The molecule has 0 fully saturated rings. The minimum atomic E-state index is 0. The molecular formula is C55H115N5O6. The van der Waals surface area contributed by atoms with Gasteiger partial charge in [0.2, 0.25) is 0 Å². The average molecular weight is 943 g/mol. The van der Waals surface area contributed by atoms with E-state index in [1.54, 1.807) is 49.9 Å².